The normalized spacial score (nSPS) is 21.6. The van der Waals surface area contributed by atoms with E-state index in [1.54, 1.807) is 0 Å². The molecule has 0 aliphatic heterocycles. The minimum atomic E-state index is -0.626. The first-order chi connectivity index (χ1) is 14.3. The van der Waals surface area contributed by atoms with Crippen molar-refractivity contribution in [3.05, 3.63) is 12.2 Å². The number of ketones is 2. The van der Waals surface area contributed by atoms with Gasteiger partial charge in [0, 0.05) is 31.6 Å². The van der Waals surface area contributed by atoms with Crippen LogP contribution in [0, 0.1) is 11.8 Å². The minimum Gasteiger partial charge on any atom is -0.463 e. The number of esters is 1. The molecule has 1 rings (SSSR count). The summed E-state index contributed by atoms with van der Waals surface area (Å²) >= 11 is 0. The van der Waals surface area contributed by atoms with Crippen molar-refractivity contribution in [2.24, 2.45) is 11.8 Å². The smallest absolute Gasteiger partial charge is 0.306 e. The Kier molecular flexibility index (Phi) is 13.6. The van der Waals surface area contributed by atoms with E-state index in [2.05, 4.69) is 6.92 Å². The lowest BCUT2D eigenvalue weighted by Crippen LogP contribution is -2.21. The first kappa shape index (κ1) is 26.5. The number of carbonyl (C=O) groups excluding carboxylic acids is 3. The van der Waals surface area contributed by atoms with Crippen molar-refractivity contribution in [3.63, 3.8) is 0 Å². The zero-order valence-corrected chi connectivity index (χ0v) is 19.2. The predicted molar refractivity (Wildman–Crippen MR) is 119 cm³/mol. The van der Waals surface area contributed by atoms with Crippen LogP contribution in [0.5, 0.6) is 0 Å². The third-order valence-corrected chi connectivity index (χ3v) is 5.83. The van der Waals surface area contributed by atoms with Crippen LogP contribution in [0.1, 0.15) is 104 Å². The molecule has 1 fully saturated rings. The van der Waals surface area contributed by atoms with Gasteiger partial charge in [-0.3, -0.25) is 14.4 Å². The van der Waals surface area contributed by atoms with E-state index >= 15 is 0 Å². The van der Waals surface area contributed by atoms with Gasteiger partial charge in [-0.15, -0.1) is 0 Å². The Morgan fingerprint density at radius 2 is 1.80 bits per heavy atom. The number of hydrogen-bond donors (Lipinski definition) is 1. The number of rotatable bonds is 16. The molecule has 1 aliphatic carbocycles. The van der Waals surface area contributed by atoms with Crippen LogP contribution in [0.4, 0.5) is 0 Å². The average molecular weight is 423 g/mol. The second-order valence-corrected chi connectivity index (χ2v) is 8.89. The van der Waals surface area contributed by atoms with Gasteiger partial charge in [-0.2, -0.15) is 0 Å². The standard InChI is InChI=1S/C25H42O5/c1-4-5-6-7-10-13-20(26)16-17-22-21(23(27)18-24(22)28)14-11-8-9-12-15-25(29)30-19(2)3/h8,11,19,21-22,24,28H,4-7,9-10,12-18H2,1-3H3/b11-8-/t21?,22?,24-/m1/s1. The van der Waals surface area contributed by atoms with E-state index in [1.807, 2.05) is 26.0 Å². The highest BCUT2D eigenvalue weighted by Gasteiger charge is 2.40. The number of ether oxygens (including phenoxy) is 1. The first-order valence-electron chi connectivity index (χ1n) is 11.9. The summed E-state index contributed by atoms with van der Waals surface area (Å²) in [7, 11) is 0. The maximum absolute atomic E-state index is 12.3. The molecule has 0 aromatic carbocycles. The number of hydrogen-bond acceptors (Lipinski definition) is 5. The van der Waals surface area contributed by atoms with Crippen molar-refractivity contribution >= 4 is 17.5 Å². The van der Waals surface area contributed by atoms with E-state index in [0.717, 1.165) is 25.7 Å². The highest BCUT2D eigenvalue weighted by molar-refractivity contribution is 5.84. The SMILES string of the molecule is CCCCCCCC(=O)CCC1C(C/C=C\CCCC(=O)OC(C)C)C(=O)C[C@H]1O. The highest BCUT2D eigenvalue weighted by atomic mass is 16.5. The summed E-state index contributed by atoms with van der Waals surface area (Å²) in [6.45, 7) is 5.85. The molecule has 0 bridgehead atoms. The van der Waals surface area contributed by atoms with Gasteiger partial charge < -0.3 is 9.84 Å². The van der Waals surface area contributed by atoms with Crippen LogP contribution in [-0.2, 0) is 19.1 Å². The van der Waals surface area contributed by atoms with Crippen molar-refractivity contribution in [1.29, 1.82) is 0 Å². The van der Waals surface area contributed by atoms with Gasteiger partial charge in [0.05, 0.1) is 12.2 Å². The fourth-order valence-electron chi connectivity index (χ4n) is 4.14. The van der Waals surface area contributed by atoms with Gasteiger partial charge in [-0.25, -0.2) is 0 Å². The molecular formula is C25H42O5. The van der Waals surface area contributed by atoms with E-state index in [4.69, 9.17) is 4.74 Å². The van der Waals surface area contributed by atoms with E-state index in [9.17, 15) is 19.5 Å². The molecular weight excluding hydrogens is 380 g/mol. The van der Waals surface area contributed by atoms with E-state index < -0.39 is 6.10 Å². The zero-order valence-electron chi connectivity index (χ0n) is 19.2. The second-order valence-electron chi connectivity index (χ2n) is 8.89. The number of carbonyl (C=O) groups is 3. The quantitative estimate of drug-likeness (QED) is 0.206. The lowest BCUT2D eigenvalue weighted by Gasteiger charge is -2.19. The summed E-state index contributed by atoms with van der Waals surface area (Å²) in [5, 5.41) is 10.3. The van der Waals surface area contributed by atoms with Crippen LogP contribution in [0.3, 0.4) is 0 Å². The van der Waals surface area contributed by atoms with Gasteiger partial charge in [0.15, 0.2) is 0 Å². The van der Waals surface area contributed by atoms with Crippen molar-refractivity contribution in [2.75, 3.05) is 0 Å². The molecule has 0 aromatic heterocycles. The van der Waals surface area contributed by atoms with Crippen LogP contribution in [0.25, 0.3) is 0 Å². The van der Waals surface area contributed by atoms with Crippen molar-refractivity contribution in [2.45, 2.75) is 116 Å². The molecule has 0 saturated heterocycles. The molecule has 1 saturated carbocycles. The Balaban J connectivity index is 2.31. The van der Waals surface area contributed by atoms with Crippen molar-refractivity contribution in [3.8, 4) is 0 Å². The van der Waals surface area contributed by atoms with Crippen molar-refractivity contribution < 1.29 is 24.2 Å². The Bertz CT molecular complexity index is 552. The second kappa shape index (κ2) is 15.3. The van der Waals surface area contributed by atoms with Gasteiger partial charge >= 0.3 is 5.97 Å². The van der Waals surface area contributed by atoms with Crippen molar-refractivity contribution in [1.82, 2.24) is 0 Å². The third-order valence-electron chi connectivity index (χ3n) is 5.83. The Morgan fingerprint density at radius 3 is 2.50 bits per heavy atom. The molecule has 0 spiro atoms. The van der Waals surface area contributed by atoms with Crippen LogP contribution in [0.15, 0.2) is 12.2 Å². The minimum absolute atomic E-state index is 0.0854. The summed E-state index contributed by atoms with van der Waals surface area (Å²) < 4.78 is 5.10. The third kappa shape index (κ3) is 11.1. The highest BCUT2D eigenvalue weighted by Crippen LogP contribution is 2.35. The lowest BCUT2D eigenvalue weighted by molar-refractivity contribution is -0.147. The molecule has 2 unspecified atom stereocenters. The lowest BCUT2D eigenvalue weighted by atomic mass is 9.86. The fourth-order valence-corrected chi connectivity index (χ4v) is 4.14. The van der Waals surface area contributed by atoms with Crippen LogP contribution in [-0.4, -0.2) is 34.9 Å². The number of aliphatic hydroxyl groups is 1. The maximum Gasteiger partial charge on any atom is 0.306 e. The molecule has 172 valence electrons. The molecule has 0 amide bonds. The molecule has 1 N–H and O–H groups in total. The molecule has 30 heavy (non-hydrogen) atoms. The summed E-state index contributed by atoms with van der Waals surface area (Å²) in [6.07, 6.45) is 13.3. The van der Waals surface area contributed by atoms with Gasteiger partial charge in [-0.05, 0) is 51.9 Å². The molecule has 5 heteroatoms. The summed E-state index contributed by atoms with van der Waals surface area (Å²) in [4.78, 5) is 36.0. The van der Waals surface area contributed by atoms with E-state index in [-0.39, 0.29) is 41.9 Å². The van der Waals surface area contributed by atoms with Crippen LogP contribution < -0.4 is 0 Å². The Hall–Kier alpha value is -1.49. The number of unbranched alkanes of at least 4 members (excludes halogenated alkanes) is 5. The van der Waals surface area contributed by atoms with E-state index in [0.29, 0.717) is 32.1 Å². The molecule has 0 heterocycles. The van der Waals surface area contributed by atoms with Gasteiger partial charge in [0.2, 0.25) is 0 Å². The van der Waals surface area contributed by atoms with Gasteiger partial charge in [0.1, 0.15) is 11.6 Å². The Morgan fingerprint density at radius 1 is 1.07 bits per heavy atom. The summed E-state index contributed by atoms with van der Waals surface area (Å²) in [5.41, 5.74) is 0. The Labute approximate surface area is 182 Å². The largest absolute Gasteiger partial charge is 0.463 e. The van der Waals surface area contributed by atoms with Crippen LogP contribution in [0.2, 0.25) is 0 Å². The predicted octanol–water partition coefficient (Wildman–Crippen LogP) is 5.33. The number of allylic oxidation sites excluding steroid dienone is 2. The number of aliphatic hydroxyl groups excluding tert-OH is 1. The summed E-state index contributed by atoms with van der Waals surface area (Å²) in [5.74, 6) is -0.139. The molecule has 5 nitrogen and oxygen atoms in total. The van der Waals surface area contributed by atoms with Gasteiger partial charge in [0.25, 0.3) is 0 Å². The molecule has 1 aliphatic rings. The average Bonchev–Trinajstić information content (AvgIpc) is 2.94. The topological polar surface area (TPSA) is 80.7 Å². The monoisotopic (exact) mass is 422 g/mol. The zero-order chi connectivity index (χ0) is 22.4. The fraction of sp³-hybridized carbons (Fsp3) is 0.800. The number of Topliss-reactive ketones (excluding diaryl/α,β-unsaturated/α-hetero) is 2. The first-order valence-corrected chi connectivity index (χ1v) is 11.9. The molecule has 0 radical (unpaired) electrons. The maximum atomic E-state index is 12.3. The molecule has 3 atom stereocenters. The van der Waals surface area contributed by atoms with E-state index in [1.165, 1.54) is 19.3 Å². The summed E-state index contributed by atoms with van der Waals surface area (Å²) in [6, 6.07) is 0. The van der Waals surface area contributed by atoms with Crippen LogP contribution >= 0.6 is 0 Å². The molecule has 0 aromatic rings. The van der Waals surface area contributed by atoms with Gasteiger partial charge in [-0.1, -0.05) is 44.8 Å².